The van der Waals surface area contributed by atoms with E-state index in [0.717, 1.165) is 9.37 Å². The van der Waals surface area contributed by atoms with Gasteiger partial charge >= 0.3 is 6.03 Å². The van der Waals surface area contributed by atoms with E-state index in [2.05, 4.69) is 26.6 Å². The molecule has 2 N–H and O–H groups in total. The van der Waals surface area contributed by atoms with Crippen LogP contribution in [0.3, 0.4) is 0 Å². The number of carbonyl (C=O) groups is 3. The van der Waals surface area contributed by atoms with Gasteiger partial charge in [0.2, 0.25) is 5.91 Å². The average molecular weight is 340 g/mol. The van der Waals surface area contributed by atoms with Gasteiger partial charge in [0, 0.05) is 11.0 Å². The lowest BCUT2D eigenvalue weighted by Gasteiger charge is -2.13. The molecule has 1 aliphatic rings. The van der Waals surface area contributed by atoms with Crippen molar-refractivity contribution >= 4 is 33.8 Å². The lowest BCUT2D eigenvalue weighted by molar-refractivity contribution is -0.132. The van der Waals surface area contributed by atoms with Crippen molar-refractivity contribution in [2.45, 2.75) is 13.0 Å². The summed E-state index contributed by atoms with van der Waals surface area (Å²) in [5, 5.41) is 5.14. The number of likely N-dealkylation sites (N-methyl/N-ethyl adjacent to an activating group) is 1. The largest absolute Gasteiger partial charge is 0.355 e. The van der Waals surface area contributed by atoms with Crippen LogP contribution in [0.25, 0.3) is 0 Å². The number of carbonyl (C=O) groups excluding carboxylic acids is 3. The Labute approximate surface area is 124 Å². The molecular weight excluding hydrogens is 326 g/mol. The number of hydrogen-bond donors (Lipinski definition) is 2. The van der Waals surface area contributed by atoms with Crippen LogP contribution >= 0.6 is 15.9 Å². The van der Waals surface area contributed by atoms with Gasteiger partial charge in [-0.25, -0.2) is 4.79 Å². The van der Waals surface area contributed by atoms with Crippen LogP contribution in [-0.4, -0.2) is 35.8 Å². The standard InChI is InChI=1S/C13H14BrN3O3/c1-2-15-10(18)7-17-12(19)11(16-13(17)20)8-5-3-4-6-9(8)14/h3-6,11H,2,7H2,1H3,(H,15,18)(H,16,20)/t11-/m1/s1. The molecule has 1 aliphatic heterocycles. The first-order chi connectivity index (χ1) is 9.54. The highest BCUT2D eigenvalue weighted by Gasteiger charge is 2.40. The maximum absolute atomic E-state index is 12.3. The highest BCUT2D eigenvalue weighted by Crippen LogP contribution is 2.27. The van der Waals surface area contributed by atoms with Gasteiger partial charge in [-0.3, -0.25) is 14.5 Å². The van der Waals surface area contributed by atoms with Gasteiger partial charge in [-0.2, -0.15) is 0 Å². The van der Waals surface area contributed by atoms with E-state index in [1.165, 1.54) is 0 Å². The highest BCUT2D eigenvalue weighted by atomic mass is 79.9. The van der Waals surface area contributed by atoms with Gasteiger partial charge in [-0.1, -0.05) is 34.1 Å². The van der Waals surface area contributed by atoms with E-state index in [-0.39, 0.29) is 12.5 Å². The third-order valence-corrected chi connectivity index (χ3v) is 3.64. The van der Waals surface area contributed by atoms with E-state index in [9.17, 15) is 14.4 Å². The van der Waals surface area contributed by atoms with E-state index >= 15 is 0 Å². The molecule has 1 aromatic carbocycles. The summed E-state index contributed by atoms with van der Waals surface area (Å²) < 4.78 is 0.735. The molecule has 2 rings (SSSR count). The zero-order chi connectivity index (χ0) is 14.7. The molecule has 20 heavy (non-hydrogen) atoms. The summed E-state index contributed by atoms with van der Waals surface area (Å²) in [5.74, 6) is -0.781. The summed E-state index contributed by atoms with van der Waals surface area (Å²) in [7, 11) is 0. The molecular formula is C13H14BrN3O3. The van der Waals surface area contributed by atoms with Crippen molar-refractivity contribution in [3.05, 3.63) is 34.3 Å². The fourth-order valence-electron chi connectivity index (χ4n) is 1.99. The molecule has 6 nitrogen and oxygen atoms in total. The molecule has 1 aromatic rings. The summed E-state index contributed by atoms with van der Waals surface area (Å²) >= 11 is 3.35. The lowest BCUT2D eigenvalue weighted by atomic mass is 10.1. The predicted molar refractivity (Wildman–Crippen MR) is 75.8 cm³/mol. The molecule has 1 saturated heterocycles. The molecule has 0 unspecified atom stereocenters. The fourth-order valence-corrected chi connectivity index (χ4v) is 2.50. The quantitative estimate of drug-likeness (QED) is 0.808. The third-order valence-electron chi connectivity index (χ3n) is 2.92. The third kappa shape index (κ3) is 2.82. The first kappa shape index (κ1) is 14.5. The Hall–Kier alpha value is -1.89. The van der Waals surface area contributed by atoms with Crippen molar-refractivity contribution in [1.82, 2.24) is 15.5 Å². The Morgan fingerprint density at radius 2 is 2.10 bits per heavy atom. The molecule has 106 valence electrons. The zero-order valence-electron chi connectivity index (χ0n) is 10.9. The van der Waals surface area contributed by atoms with Crippen molar-refractivity contribution in [2.75, 3.05) is 13.1 Å². The number of nitrogens with zero attached hydrogens (tertiary/aromatic N) is 1. The molecule has 1 heterocycles. The lowest BCUT2D eigenvalue weighted by Crippen LogP contribution is -2.40. The normalized spacial score (nSPS) is 18.1. The van der Waals surface area contributed by atoms with E-state index in [4.69, 9.17) is 0 Å². The van der Waals surface area contributed by atoms with Crippen LogP contribution in [0.4, 0.5) is 4.79 Å². The Morgan fingerprint density at radius 1 is 1.40 bits per heavy atom. The molecule has 0 bridgehead atoms. The van der Waals surface area contributed by atoms with E-state index in [0.29, 0.717) is 12.1 Å². The number of benzene rings is 1. The summed E-state index contributed by atoms with van der Waals surface area (Å²) in [5.41, 5.74) is 0.671. The maximum atomic E-state index is 12.3. The van der Waals surface area contributed by atoms with Crippen molar-refractivity contribution in [1.29, 1.82) is 0 Å². The molecule has 7 heteroatoms. The minimum atomic E-state index is -0.757. The number of hydrogen-bond acceptors (Lipinski definition) is 3. The first-order valence-corrected chi connectivity index (χ1v) is 6.97. The van der Waals surface area contributed by atoms with Crippen LogP contribution in [-0.2, 0) is 9.59 Å². The number of amides is 4. The minimum Gasteiger partial charge on any atom is -0.355 e. The summed E-state index contributed by atoms with van der Waals surface area (Å²) in [6.45, 7) is 1.96. The number of imide groups is 1. The highest BCUT2D eigenvalue weighted by molar-refractivity contribution is 9.10. The molecule has 0 radical (unpaired) electrons. The van der Waals surface area contributed by atoms with Gasteiger partial charge in [0.1, 0.15) is 12.6 Å². The van der Waals surface area contributed by atoms with E-state index < -0.39 is 18.0 Å². The van der Waals surface area contributed by atoms with Crippen LogP contribution in [0, 0.1) is 0 Å². The van der Waals surface area contributed by atoms with Crippen molar-refractivity contribution in [2.24, 2.45) is 0 Å². The summed E-state index contributed by atoms with van der Waals surface area (Å²) in [4.78, 5) is 36.5. The van der Waals surface area contributed by atoms with Crippen LogP contribution in [0.5, 0.6) is 0 Å². The molecule has 0 aliphatic carbocycles. The zero-order valence-corrected chi connectivity index (χ0v) is 12.4. The van der Waals surface area contributed by atoms with Crippen LogP contribution < -0.4 is 10.6 Å². The van der Waals surface area contributed by atoms with Gasteiger partial charge in [-0.05, 0) is 18.6 Å². The number of rotatable bonds is 4. The topological polar surface area (TPSA) is 78.5 Å². The molecule has 1 atom stereocenters. The first-order valence-electron chi connectivity index (χ1n) is 6.17. The monoisotopic (exact) mass is 339 g/mol. The fraction of sp³-hybridized carbons (Fsp3) is 0.308. The van der Waals surface area contributed by atoms with Crippen LogP contribution in [0.1, 0.15) is 18.5 Å². The summed E-state index contributed by atoms with van der Waals surface area (Å²) in [6, 6.07) is 5.84. The second-order valence-electron chi connectivity index (χ2n) is 4.28. The van der Waals surface area contributed by atoms with Crippen LogP contribution in [0.15, 0.2) is 28.7 Å². The Morgan fingerprint density at radius 3 is 2.75 bits per heavy atom. The molecule has 4 amide bonds. The van der Waals surface area contributed by atoms with Gasteiger partial charge in [-0.15, -0.1) is 0 Å². The number of halogens is 1. The maximum Gasteiger partial charge on any atom is 0.325 e. The van der Waals surface area contributed by atoms with Gasteiger partial charge < -0.3 is 10.6 Å². The Balaban J connectivity index is 2.17. The Bertz CT molecular complexity index is 562. The number of urea groups is 1. The molecule has 0 spiro atoms. The minimum absolute atomic E-state index is 0.264. The van der Waals surface area contributed by atoms with E-state index in [1.54, 1.807) is 25.1 Å². The van der Waals surface area contributed by atoms with Gasteiger partial charge in [0.05, 0.1) is 0 Å². The molecule has 0 saturated carbocycles. The second-order valence-corrected chi connectivity index (χ2v) is 5.14. The van der Waals surface area contributed by atoms with Gasteiger partial charge in [0.15, 0.2) is 0 Å². The Kier molecular flexibility index (Phi) is 4.39. The smallest absolute Gasteiger partial charge is 0.325 e. The average Bonchev–Trinajstić information content (AvgIpc) is 2.68. The number of nitrogens with one attached hydrogen (secondary N) is 2. The molecule has 0 aromatic heterocycles. The van der Waals surface area contributed by atoms with Crippen molar-refractivity contribution < 1.29 is 14.4 Å². The van der Waals surface area contributed by atoms with Crippen LogP contribution in [0.2, 0.25) is 0 Å². The van der Waals surface area contributed by atoms with E-state index in [1.807, 2.05) is 6.07 Å². The second kappa shape index (κ2) is 6.04. The molecule has 1 fully saturated rings. The van der Waals surface area contributed by atoms with Gasteiger partial charge in [0.25, 0.3) is 5.91 Å². The predicted octanol–water partition coefficient (Wildman–Crippen LogP) is 1.18. The SMILES string of the molecule is CCNC(=O)CN1C(=O)N[C@H](c2ccccc2Br)C1=O. The summed E-state index contributed by atoms with van der Waals surface area (Å²) in [6.07, 6.45) is 0. The van der Waals surface area contributed by atoms with Crippen molar-refractivity contribution in [3.63, 3.8) is 0 Å². The van der Waals surface area contributed by atoms with Crippen molar-refractivity contribution in [3.8, 4) is 0 Å².